The molecule has 1 rings (SSSR count). The number of methoxy groups -OCH3 is 1. The van der Waals surface area contributed by atoms with Crippen LogP contribution in [0.15, 0.2) is 6.07 Å². The SMILES string of the molecule is COC(=O)C(C)NC(=O)Nc1cc(C)[nH]c1C(=O)O. The Labute approximate surface area is 109 Å². The number of H-pyrrole nitrogens is 1. The number of hydrogen-bond acceptors (Lipinski definition) is 4. The minimum Gasteiger partial charge on any atom is -0.477 e. The summed E-state index contributed by atoms with van der Waals surface area (Å²) >= 11 is 0. The molecular weight excluding hydrogens is 254 g/mol. The van der Waals surface area contributed by atoms with Crippen molar-refractivity contribution in [2.24, 2.45) is 0 Å². The first-order valence-electron chi connectivity index (χ1n) is 5.43. The maximum atomic E-state index is 11.6. The monoisotopic (exact) mass is 269 g/mol. The van der Waals surface area contributed by atoms with Crippen molar-refractivity contribution >= 4 is 23.7 Å². The Morgan fingerprint density at radius 1 is 1.42 bits per heavy atom. The number of carboxylic acid groups (broad SMARTS) is 1. The largest absolute Gasteiger partial charge is 0.477 e. The summed E-state index contributed by atoms with van der Waals surface area (Å²) in [5, 5.41) is 13.6. The van der Waals surface area contributed by atoms with Gasteiger partial charge in [0.15, 0.2) is 0 Å². The summed E-state index contributed by atoms with van der Waals surface area (Å²) in [4.78, 5) is 36.2. The number of carbonyl (C=O) groups excluding carboxylic acids is 2. The summed E-state index contributed by atoms with van der Waals surface area (Å²) < 4.78 is 4.45. The molecule has 0 spiro atoms. The molecule has 1 aromatic heterocycles. The van der Waals surface area contributed by atoms with Gasteiger partial charge in [-0.1, -0.05) is 0 Å². The standard InChI is InChI=1S/C11H15N3O5/c1-5-4-7(8(12-5)9(15)16)14-11(18)13-6(2)10(17)19-3/h4,6,12H,1-3H3,(H,15,16)(H2,13,14,18). The van der Waals surface area contributed by atoms with E-state index >= 15 is 0 Å². The number of aromatic nitrogens is 1. The van der Waals surface area contributed by atoms with E-state index in [2.05, 4.69) is 20.4 Å². The van der Waals surface area contributed by atoms with Crippen molar-refractivity contribution in [3.05, 3.63) is 17.5 Å². The molecule has 0 fully saturated rings. The number of rotatable bonds is 4. The van der Waals surface area contributed by atoms with E-state index in [9.17, 15) is 14.4 Å². The smallest absolute Gasteiger partial charge is 0.354 e. The highest BCUT2D eigenvalue weighted by molar-refractivity contribution is 5.99. The number of nitrogens with one attached hydrogen (secondary N) is 3. The number of hydrogen-bond donors (Lipinski definition) is 4. The minimum atomic E-state index is -1.19. The topological polar surface area (TPSA) is 121 Å². The first-order chi connectivity index (χ1) is 8.85. The lowest BCUT2D eigenvalue weighted by Crippen LogP contribution is -2.41. The molecule has 2 amide bonds. The zero-order valence-corrected chi connectivity index (χ0v) is 10.7. The van der Waals surface area contributed by atoms with Crippen LogP contribution in [0.1, 0.15) is 23.1 Å². The molecular formula is C11H15N3O5. The van der Waals surface area contributed by atoms with Crippen LogP contribution in [0.2, 0.25) is 0 Å². The van der Waals surface area contributed by atoms with Gasteiger partial charge < -0.3 is 25.5 Å². The Balaban J connectivity index is 2.72. The fraction of sp³-hybridized carbons (Fsp3) is 0.364. The Bertz CT molecular complexity index is 508. The van der Waals surface area contributed by atoms with Crippen LogP contribution in [0, 0.1) is 6.92 Å². The number of aromatic carboxylic acids is 1. The van der Waals surface area contributed by atoms with Crippen LogP contribution < -0.4 is 10.6 Å². The third-order valence-electron chi connectivity index (χ3n) is 2.32. The maximum Gasteiger partial charge on any atom is 0.354 e. The first kappa shape index (κ1) is 14.6. The van der Waals surface area contributed by atoms with Crippen LogP contribution >= 0.6 is 0 Å². The Morgan fingerprint density at radius 2 is 2.05 bits per heavy atom. The van der Waals surface area contributed by atoms with Crippen molar-refractivity contribution in [3.63, 3.8) is 0 Å². The summed E-state index contributed by atoms with van der Waals surface area (Å²) in [5.41, 5.74) is 0.589. The molecule has 19 heavy (non-hydrogen) atoms. The van der Waals surface area contributed by atoms with Gasteiger partial charge in [-0.15, -0.1) is 0 Å². The van der Waals surface area contributed by atoms with Crippen LogP contribution in [-0.2, 0) is 9.53 Å². The molecule has 0 saturated heterocycles. The number of aryl methyl sites for hydroxylation is 1. The number of anilines is 1. The molecule has 1 atom stereocenters. The quantitative estimate of drug-likeness (QED) is 0.600. The molecule has 1 heterocycles. The molecule has 1 unspecified atom stereocenters. The van der Waals surface area contributed by atoms with Gasteiger partial charge in [0.2, 0.25) is 0 Å². The van der Waals surface area contributed by atoms with Gasteiger partial charge in [-0.25, -0.2) is 14.4 Å². The van der Waals surface area contributed by atoms with E-state index in [1.54, 1.807) is 6.92 Å². The van der Waals surface area contributed by atoms with Gasteiger partial charge in [0.1, 0.15) is 11.7 Å². The van der Waals surface area contributed by atoms with Gasteiger partial charge in [0.05, 0.1) is 12.8 Å². The van der Waals surface area contributed by atoms with E-state index < -0.39 is 24.0 Å². The summed E-state index contributed by atoms with van der Waals surface area (Å²) in [7, 11) is 1.20. The molecule has 0 aliphatic rings. The normalized spacial score (nSPS) is 11.5. The van der Waals surface area contributed by atoms with Crippen molar-refractivity contribution in [3.8, 4) is 0 Å². The van der Waals surface area contributed by atoms with Crippen LogP contribution in [0.5, 0.6) is 0 Å². The lowest BCUT2D eigenvalue weighted by Gasteiger charge is -2.12. The molecule has 8 nitrogen and oxygen atoms in total. The average Bonchev–Trinajstić information content (AvgIpc) is 2.68. The van der Waals surface area contributed by atoms with Crippen molar-refractivity contribution in [1.82, 2.24) is 10.3 Å². The number of carbonyl (C=O) groups is 3. The number of esters is 1. The lowest BCUT2D eigenvalue weighted by molar-refractivity contribution is -0.142. The number of urea groups is 1. The van der Waals surface area contributed by atoms with Crippen LogP contribution in [0.3, 0.4) is 0 Å². The second kappa shape index (κ2) is 5.89. The highest BCUT2D eigenvalue weighted by Crippen LogP contribution is 2.16. The van der Waals surface area contributed by atoms with Crippen LogP contribution in [0.25, 0.3) is 0 Å². The Kier molecular flexibility index (Phi) is 4.51. The van der Waals surface area contributed by atoms with E-state index in [-0.39, 0.29) is 11.4 Å². The van der Waals surface area contributed by atoms with Crippen LogP contribution in [-0.4, -0.2) is 41.2 Å². The minimum absolute atomic E-state index is 0.125. The first-order valence-corrected chi connectivity index (χ1v) is 5.43. The van der Waals surface area contributed by atoms with E-state index in [0.717, 1.165) is 0 Å². The second-order valence-corrected chi connectivity index (χ2v) is 3.89. The maximum absolute atomic E-state index is 11.6. The summed E-state index contributed by atoms with van der Waals surface area (Å²) in [6, 6.07) is -0.0519. The highest BCUT2D eigenvalue weighted by atomic mass is 16.5. The van der Waals surface area contributed by atoms with E-state index in [1.807, 2.05) is 0 Å². The summed E-state index contributed by atoms with van der Waals surface area (Å²) in [6.07, 6.45) is 0. The van der Waals surface area contributed by atoms with Crippen molar-refractivity contribution < 1.29 is 24.2 Å². The number of carboxylic acids is 1. The average molecular weight is 269 g/mol. The Hall–Kier alpha value is -2.51. The molecule has 0 radical (unpaired) electrons. The van der Waals surface area contributed by atoms with Crippen molar-refractivity contribution in [2.75, 3.05) is 12.4 Å². The summed E-state index contributed by atoms with van der Waals surface area (Å²) in [5.74, 6) is -1.79. The molecule has 0 aromatic carbocycles. The molecule has 0 aliphatic heterocycles. The van der Waals surface area contributed by atoms with Crippen LogP contribution in [0.4, 0.5) is 10.5 Å². The molecule has 0 saturated carbocycles. The molecule has 1 aromatic rings. The lowest BCUT2D eigenvalue weighted by atomic mass is 10.3. The van der Waals surface area contributed by atoms with Gasteiger partial charge in [-0.2, -0.15) is 0 Å². The molecule has 0 bridgehead atoms. The number of aromatic amines is 1. The third-order valence-corrected chi connectivity index (χ3v) is 2.32. The Morgan fingerprint density at radius 3 is 2.58 bits per heavy atom. The zero-order chi connectivity index (χ0) is 14.6. The van der Waals surface area contributed by atoms with Crippen molar-refractivity contribution in [1.29, 1.82) is 0 Å². The molecule has 4 N–H and O–H groups in total. The zero-order valence-electron chi connectivity index (χ0n) is 10.7. The van der Waals surface area contributed by atoms with Gasteiger partial charge >= 0.3 is 18.0 Å². The fourth-order valence-corrected chi connectivity index (χ4v) is 1.45. The fourth-order valence-electron chi connectivity index (χ4n) is 1.45. The molecule has 0 aliphatic carbocycles. The van der Waals surface area contributed by atoms with Gasteiger partial charge in [-0.3, -0.25) is 0 Å². The third kappa shape index (κ3) is 3.73. The van der Waals surface area contributed by atoms with E-state index in [4.69, 9.17) is 5.11 Å². The number of amides is 2. The van der Waals surface area contributed by atoms with Gasteiger partial charge in [0.25, 0.3) is 0 Å². The predicted molar refractivity (Wildman–Crippen MR) is 66.1 cm³/mol. The van der Waals surface area contributed by atoms with Gasteiger partial charge in [0, 0.05) is 5.69 Å². The number of ether oxygens (including phenoxy) is 1. The molecule has 8 heteroatoms. The molecule has 104 valence electrons. The van der Waals surface area contributed by atoms with E-state index in [0.29, 0.717) is 5.69 Å². The second-order valence-electron chi connectivity index (χ2n) is 3.89. The summed E-state index contributed by atoms with van der Waals surface area (Å²) in [6.45, 7) is 3.11. The van der Waals surface area contributed by atoms with Gasteiger partial charge in [-0.05, 0) is 19.9 Å². The predicted octanol–water partition coefficient (Wildman–Crippen LogP) is 0.704. The van der Waals surface area contributed by atoms with Crippen molar-refractivity contribution in [2.45, 2.75) is 19.9 Å². The highest BCUT2D eigenvalue weighted by Gasteiger charge is 2.19. The van der Waals surface area contributed by atoms with E-state index in [1.165, 1.54) is 20.1 Å².